The summed E-state index contributed by atoms with van der Waals surface area (Å²) in [6.45, 7) is 2.14. The molecule has 0 saturated heterocycles. The number of allylic oxidation sites excluding steroid dienone is 2. The monoisotopic (exact) mass is 122 g/mol. The van der Waals surface area contributed by atoms with E-state index in [1.165, 1.54) is 0 Å². The molecule has 0 atom stereocenters. The Kier molecular flexibility index (Phi) is 6.73. The predicted molar refractivity (Wildman–Crippen MR) is 42.1 cm³/mol. The summed E-state index contributed by atoms with van der Waals surface area (Å²) in [5.41, 5.74) is 0. The number of unbranched alkanes of at least 4 members (excludes halogenated alkanes) is 2. The molecule has 0 heteroatoms. The molecule has 0 saturated carbocycles. The van der Waals surface area contributed by atoms with Crippen LogP contribution in [0.2, 0.25) is 0 Å². The van der Waals surface area contributed by atoms with Crippen LogP contribution in [0.4, 0.5) is 0 Å². The van der Waals surface area contributed by atoms with Crippen LogP contribution in [-0.4, -0.2) is 0 Å². The standard InChI is InChI=1S/C9H14/c1-3-5-7-9-8-6-4-2/h1,6,8H,4-5,7,9H2,2H3/b8-6-. The van der Waals surface area contributed by atoms with Gasteiger partial charge in [0.2, 0.25) is 0 Å². The van der Waals surface area contributed by atoms with Gasteiger partial charge >= 0.3 is 0 Å². The van der Waals surface area contributed by atoms with Crippen molar-refractivity contribution in [3.05, 3.63) is 12.2 Å². The molecule has 0 aromatic carbocycles. The van der Waals surface area contributed by atoms with Crippen LogP contribution in [0.15, 0.2) is 12.2 Å². The second-order valence-corrected chi connectivity index (χ2v) is 1.98. The van der Waals surface area contributed by atoms with Gasteiger partial charge in [-0.3, -0.25) is 0 Å². The van der Waals surface area contributed by atoms with Crippen molar-refractivity contribution >= 4 is 0 Å². The van der Waals surface area contributed by atoms with E-state index in [1.54, 1.807) is 0 Å². The van der Waals surface area contributed by atoms with Crippen molar-refractivity contribution in [3.63, 3.8) is 0 Å². The van der Waals surface area contributed by atoms with E-state index in [0.717, 1.165) is 25.7 Å². The van der Waals surface area contributed by atoms with Crippen molar-refractivity contribution in [3.8, 4) is 12.3 Å². The zero-order chi connectivity index (χ0) is 6.95. The molecule has 0 nitrogen and oxygen atoms in total. The Morgan fingerprint density at radius 2 is 2.22 bits per heavy atom. The second-order valence-electron chi connectivity index (χ2n) is 1.98. The van der Waals surface area contributed by atoms with Gasteiger partial charge in [0.1, 0.15) is 0 Å². The molecule has 0 heterocycles. The lowest BCUT2D eigenvalue weighted by Gasteiger charge is -1.85. The minimum atomic E-state index is 0.911. The quantitative estimate of drug-likeness (QED) is 0.305. The Morgan fingerprint density at radius 1 is 1.44 bits per heavy atom. The third-order valence-corrected chi connectivity index (χ3v) is 1.09. The average molecular weight is 122 g/mol. The van der Waals surface area contributed by atoms with Crippen molar-refractivity contribution in [1.82, 2.24) is 0 Å². The Balaban J connectivity index is 2.92. The van der Waals surface area contributed by atoms with Crippen molar-refractivity contribution in [1.29, 1.82) is 0 Å². The molecule has 0 aliphatic carbocycles. The van der Waals surface area contributed by atoms with Crippen LogP contribution >= 0.6 is 0 Å². The molecule has 50 valence electrons. The molecule has 0 radical (unpaired) electrons. The first-order valence-electron chi connectivity index (χ1n) is 3.50. The molecule has 0 bridgehead atoms. The lowest BCUT2D eigenvalue weighted by atomic mass is 10.2. The summed E-state index contributed by atoms with van der Waals surface area (Å²) in [4.78, 5) is 0. The molecule has 0 aliphatic rings. The van der Waals surface area contributed by atoms with Crippen LogP contribution in [0.5, 0.6) is 0 Å². The van der Waals surface area contributed by atoms with Gasteiger partial charge in [0, 0.05) is 6.42 Å². The van der Waals surface area contributed by atoms with Gasteiger partial charge in [-0.05, 0) is 19.3 Å². The minimum absolute atomic E-state index is 0.911. The van der Waals surface area contributed by atoms with Gasteiger partial charge in [0.25, 0.3) is 0 Å². The maximum Gasteiger partial charge on any atom is 0.00890 e. The van der Waals surface area contributed by atoms with E-state index in [0.29, 0.717) is 0 Å². The van der Waals surface area contributed by atoms with Crippen LogP contribution in [0, 0.1) is 12.3 Å². The van der Waals surface area contributed by atoms with Gasteiger partial charge in [-0.25, -0.2) is 0 Å². The highest BCUT2D eigenvalue weighted by molar-refractivity contribution is 4.86. The number of hydrogen-bond donors (Lipinski definition) is 0. The number of terminal acetylenes is 1. The summed E-state index contributed by atoms with van der Waals surface area (Å²) in [5.74, 6) is 2.61. The molecule has 0 aromatic rings. The molecule has 9 heavy (non-hydrogen) atoms. The molecule has 0 aliphatic heterocycles. The molecule has 0 unspecified atom stereocenters. The maximum absolute atomic E-state index is 5.07. The third kappa shape index (κ3) is 7.30. The van der Waals surface area contributed by atoms with Crippen molar-refractivity contribution in [2.45, 2.75) is 32.6 Å². The van der Waals surface area contributed by atoms with Crippen LogP contribution in [-0.2, 0) is 0 Å². The number of hydrogen-bond acceptors (Lipinski definition) is 0. The molecule has 0 fully saturated rings. The van der Waals surface area contributed by atoms with Gasteiger partial charge in [0.05, 0.1) is 0 Å². The Labute approximate surface area is 58.0 Å². The van der Waals surface area contributed by atoms with E-state index in [9.17, 15) is 0 Å². The fourth-order valence-corrected chi connectivity index (χ4v) is 0.606. The lowest BCUT2D eigenvalue weighted by molar-refractivity contribution is 0.882. The van der Waals surface area contributed by atoms with Gasteiger partial charge in [-0.2, -0.15) is 0 Å². The summed E-state index contributed by atoms with van der Waals surface area (Å²) in [6, 6.07) is 0. The maximum atomic E-state index is 5.07. The van der Waals surface area contributed by atoms with E-state index in [-0.39, 0.29) is 0 Å². The highest BCUT2D eigenvalue weighted by Gasteiger charge is 1.77. The van der Waals surface area contributed by atoms with Gasteiger partial charge in [-0.1, -0.05) is 19.1 Å². The normalized spacial score (nSPS) is 9.78. The van der Waals surface area contributed by atoms with E-state index in [4.69, 9.17) is 6.42 Å². The van der Waals surface area contributed by atoms with Crippen molar-refractivity contribution in [2.75, 3.05) is 0 Å². The summed E-state index contributed by atoms with van der Waals surface area (Å²) in [7, 11) is 0. The van der Waals surface area contributed by atoms with E-state index >= 15 is 0 Å². The number of rotatable bonds is 4. The van der Waals surface area contributed by atoms with E-state index in [1.807, 2.05) is 0 Å². The van der Waals surface area contributed by atoms with Crippen LogP contribution in [0.25, 0.3) is 0 Å². The fraction of sp³-hybridized carbons (Fsp3) is 0.556. The summed E-state index contributed by atoms with van der Waals surface area (Å²) in [6.07, 6.45) is 13.8. The molecule has 0 N–H and O–H groups in total. The Morgan fingerprint density at radius 3 is 2.78 bits per heavy atom. The minimum Gasteiger partial charge on any atom is -0.120 e. The zero-order valence-electron chi connectivity index (χ0n) is 6.06. The van der Waals surface area contributed by atoms with Crippen LogP contribution in [0.3, 0.4) is 0 Å². The fourth-order valence-electron chi connectivity index (χ4n) is 0.606. The largest absolute Gasteiger partial charge is 0.120 e. The lowest BCUT2D eigenvalue weighted by Crippen LogP contribution is -1.67. The zero-order valence-corrected chi connectivity index (χ0v) is 6.06. The topological polar surface area (TPSA) is 0 Å². The molecule has 0 rings (SSSR count). The van der Waals surface area contributed by atoms with Crippen molar-refractivity contribution < 1.29 is 0 Å². The summed E-state index contributed by atoms with van der Waals surface area (Å²) >= 11 is 0. The molecular weight excluding hydrogens is 108 g/mol. The van der Waals surface area contributed by atoms with Gasteiger partial charge in [0.15, 0.2) is 0 Å². The highest BCUT2D eigenvalue weighted by Crippen LogP contribution is 1.95. The van der Waals surface area contributed by atoms with Gasteiger partial charge < -0.3 is 0 Å². The van der Waals surface area contributed by atoms with E-state index in [2.05, 4.69) is 25.0 Å². The Hall–Kier alpha value is -0.700. The SMILES string of the molecule is C#CCCC/C=C\CC. The Bertz CT molecular complexity index is 104. The van der Waals surface area contributed by atoms with E-state index < -0.39 is 0 Å². The summed E-state index contributed by atoms with van der Waals surface area (Å²) in [5, 5.41) is 0. The first kappa shape index (κ1) is 8.30. The highest BCUT2D eigenvalue weighted by atomic mass is 13.8. The van der Waals surface area contributed by atoms with Gasteiger partial charge in [-0.15, -0.1) is 12.3 Å². The van der Waals surface area contributed by atoms with Crippen molar-refractivity contribution in [2.24, 2.45) is 0 Å². The molecule has 0 spiro atoms. The first-order chi connectivity index (χ1) is 4.41. The van der Waals surface area contributed by atoms with Crippen LogP contribution in [0.1, 0.15) is 32.6 Å². The molecule has 0 amide bonds. The molecular formula is C9H14. The third-order valence-electron chi connectivity index (χ3n) is 1.09. The second kappa shape index (κ2) is 7.30. The predicted octanol–water partition coefficient (Wildman–Crippen LogP) is 2.76. The first-order valence-corrected chi connectivity index (χ1v) is 3.50. The molecule has 0 aromatic heterocycles. The summed E-state index contributed by atoms with van der Waals surface area (Å²) < 4.78 is 0. The average Bonchev–Trinajstić information content (AvgIpc) is 1.89. The smallest absolute Gasteiger partial charge is 0.00890 e. The van der Waals surface area contributed by atoms with Crippen LogP contribution < -0.4 is 0 Å².